The van der Waals surface area contributed by atoms with Crippen LogP contribution in [0.2, 0.25) is 0 Å². The summed E-state index contributed by atoms with van der Waals surface area (Å²) >= 11 is 0. The Morgan fingerprint density at radius 1 is 1.64 bits per heavy atom. The molecule has 0 radical (unpaired) electrons. The molecule has 0 unspecified atom stereocenters. The molecule has 1 saturated heterocycles. The first-order valence-corrected chi connectivity index (χ1v) is 5.28. The van der Waals surface area contributed by atoms with Crippen LogP contribution in [0.1, 0.15) is 20.3 Å². The number of rotatable bonds is 4. The molecule has 0 spiro atoms. The van der Waals surface area contributed by atoms with Crippen molar-refractivity contribution < 1.29 is 9.90 Å². The summed E-state index contributed by atoms with van der Waals surface area (Å²) in [6, 6.07) is 0.489. The third-order valence-electron chi connectivity index (χ3n) is 2.78. The van der Waals surface area contributed by atoms with E-state index in [0.717, 1.165) is 19.6 Å². The van der Waals surface area contributed by atoms with Crippen LogP contribution in [0.5, 0.6) is 0 Å². The molecule has 14 heavy (non-hydrogen) atoms. The fraction of sp³-hybridized carbons (Fsp3) is 0.900. The number of nitrogens with zero attached hydrogens (tertiary/aromatic N) is 1. The third-order valence-corrected chi connectivity index (χ3v) is 2.78. The molecule has 1 atom stereocenters. The van der Waals surface area contributed by atoms with E-state index >= 15 is 0 Å². The van der Waals surface area contributed by atoms with Crippen molar-refractivity contribution in [3.8, 4) is 0 Å². The molecule has 0 bridgehead atoms. The Hall–Kier alpha value is -0.610. The van der Waals surface area contributed by atoms with Crippen LogP contribution in [0.4, 0.5) is 0 Å². The van der Waals surface area contributed by atoms with E-state index in [2.05, 4.69) is 24.1 Å². The highest BCUT2D eigenvalue weighted by molar-refractivity contribution is 5.66. The zero-order valence-corrected chi connectivity index (χ0v) is 8.99. The topological polar surface area (TPSA) is 52.6 Å². The van der Waals surface area contributed by atoms with E-state index in [0.29, 0.717) is 18.5 Å². The lowest BCUT2D eigenvalue weighted by molar-refractivity contribution is -0.137. The maximum absolute atomic E-state index is 10.5. The number of aliphatic carboxylic acids is 1. The predicted molar refractivity (Wildman–Crippen MR) is 55.3 cm³/mol. The van der Waals surface area contributed by atoms with Crippen LogP contribution in [0.25, 0.3) is 0 Å². The second kappa shape index (κ2) is 5.32. The first-order chi connectivity index (χ1) is 6.61. The molecule has 0 aromatic heterocycles. The Kier molecular flexibility index (Phi) is 4.35. The largest absolute Gasteiger partial charge is 0.481 e. The summed E-state index contributed by atoms with van der Waals surface area (Å²) in [5.74, 6) is -0.123. The normalized spacial score (nSPS) is 24.1. The number of hydrogen-bond acceptors (Lipinski definition) is 3. The maximum Gasteiger partial charge on any atom is 0.304 e. The molecule has 0 saturated carbocycles. The zero-order valence-electron chi connectivity index (χ0n) is 8.99. The summed E-state index contributed by atoms with van der Waals surface area (Å²) in [6.45, 7) is 7.98. The monoisotopic (exact) mass is 200 g/mol. The molecule has 4 heteroatoms. The quantitative estimate of drug-likeness (QED) is 0.689. The van der Waals surface area contributed by atoms with Gasteiger partial charge in [-0.25, -0.2) is 0 Å². The first-order valence-electron chi connectivity index (χ1n) is 5.28. The van der Waals surface area contributed by atoms with Gasteiger partial charge in [-0.1, -0.05) is 13.8 Å². The van der Waals surface area contributed by atoms with Gasteiger partial charge in [0.1, 0.15) is 0 Å². The lowest BCUT2D eigenvalue weighted by Gasteiger charge is -2.38. The summed E-state index contributed by atoms with van der Waals surface area (Å²) < 4.78 is 0. The zero-order chi connectivity index (χ0) is 10.6. The van der Waals surface area contributed by atoms with E-state index in [-0.39, 0.29) is 6.42 Å². The molecular formula is C10H20N2O2. The molecule has 1 heterocycles. The van der Waals surface area contributed by atoms with Crippen molar-refractivity contribution in [2.75, 3.05) is 26.2 Å². The van der Waals surface area contributed by atoms with E-state index < -0.39 is 5.97 Å². The van der Waals surface area contributed by atoms with Gasteiger partial charge in [-0.3, -0.25) is 9.69 Å². The van der Waals surface area contributed by atoms with Crippen molar-refractivity contribution >= 4 is 5.97 Å². The molecule has 4 nitrogen and oxygen atoms in total. The summed E-state index contributed by atoms with van der Waals surface area (Å²) in [4.78, 5) is 12.8. The van der Waals surface area contributed by atoms with E-state index in [1.165, 1.54) is 0 Å². The van der Waals surface area contributed by atoms with Gasteiger partial charge in [0.2, 0.25) is 0 Å². The summed E-state index contributed by atoms with van der Waals surface area (Å²) in [5.41, 5.74) is 0. The molecule has 1 fully saturated rings. The van der Waals surface area contributed by atoms with E-state index in [1.54, 1.807) is 0 Å². The van der Waals surface area contributed by atoms with Crippen LogP contribution >= 0.6 is 0 Å². The fourth-order valence-electron chi connectivity index (χ4n) is 1.94. The third kappa shape index (κ3) is 3.27. The van der Waals surface area contributed by atoms with E-state index in [1.807, 2.05) is 0 Å². The smallest absolute Gasteiger partial charge is 0.304 e. The lowest BCUT2D eigenvalue weighted by atomic mass is 10.0. The van der Waals surface area contributed by atoms with Crippen LogP contribution in [-0.4, -0.2) is 48.2 Å². The SMILES string of the molecule is CC(C)[C@H]1CNCCN1CCC(=O)O. The summed E-state index contributed by atoms with van der Waals surface area (Å²) in [7, 11) is 0. The van der Waals surface area contributed by atoms with Gasteiger partial charge in [0, 0.05) is 32.2 Å². The fourth-order valence-corrected chi connectivity index (χ4v) is 1.94. The lowest BCUT2D eigenvalue weighted by Crippen LogP contribution is -2.53. The highest BCUT2D eigenvalue weighted by Crippen LogP contribution is 2.12. The number of nitrogens with one attached hydrogen (secondary N) is 1. The minimum Gasteiger partial charge on any atom is -0.481 e. The number of carboxylic acids is 1. The van der Waals surface area contributed by atoms with Gasteiger partial charge in [0.15, 0.2) is 0 Å². The molecule has 1 rings (SSSR count). The van der Waals surface area contributed by atoms with Gasteiger partial charge in [-0.2, -0.15) is 0 Å². The molecule has 0 aliphatic carbocycles. The highest BCUT2D eigenvalue weighted by Gasteiger charge is 2.24. The Bertz CT molecular complexity index is 195. The molecule has 0 amide bonds. The van der Waals surface area contributed by atoms with Gasteiger partial charge < -0.3 is 10.4 Å². The minimum absolute atomic E-state index is 0.253. The average Bonchev–Trinajstić information content (AvgIpc) is 2.15. The van der Waals surface area contributed by atoms with Gasteiger partial charge in [0.25, 0.3) is 0 Å². The second-order valence-electron chi connectivity index (χ2n) is 4.20. The number of carbonyl (C=O) groups is 1. The molecule has 2 N–H and O–H groups in total. The van der Waals surface area contributed by atoms with Crippen LogP contribution in [0, 0.1) is 5.92 Å². The van der Waals surface area contributed by atoms with E-state index in [9.17, 15) is 4.79 Å². The van der Waals surface area contributed by atoms with Crippen molar-refractivity contribution in [1.29, 1.82) is 0 Å². The van der Waals surface area contributed by atoms with Crippen LogP contribution in [-0.2, 0) is 4.79 Å². The first kappa shape index (κ1) is 11.5. The maximum atomic E-state index is 10.5. The Balaban J connectivity index is 2.41. The van der Waals surface area contributed by atoms with Crippen molar-refractivity contribution in [3.63, 3.8) is 0 Å². The van der Waals surface area contributed by atoms with Crippen molar-refractivity contribution in [2.24, 2.45) is 5.92 Å². The standard InChI is InChI=1S/C10H20N2O2/c1-8(2)9-7-11-4-6-12(9)5-3-10(13)14/h8-9,11H,3-7H2,1-2H3,(H,13,14)/t9-/m1/s1. The van der Waals surface area contributed by atoms with Crippen LogP contribution in [0.15, 0.2) is 0 Å². The molecule has 1 aliphatic rings. The highest BCUT2D eigenvalue weighted by atomic mass is 16.4. The predicted octanol–water partition coefficient (Wildman–Crippen LogP) is 0.391. The average molecular weight is 200 g/mol. The molecular weight excluding hydrogens is 180 g/mol. The number of hydrogen-bond donors (Lipinski definition) is 2. The summed E-state index contributed by atoms with van der Waals surface area (Å²) in [5, 5.41) is 12.0. The van der Waals surface area contributed by atoms with Gasteiger partial charge in [-0.15, -0.1) is 0 Å². The number of carboxylic acid groups (broad SMARTS) is 1. The molecule has 1 aliphatic heterocycles. The minimum atomic E-state index is -0.703. The number of piperazine rings is 1. The molecule has 82 valence electrons. The van der Waals surface area contributed by atoms with Crippen molar-refractivity contribution in [3.05, 3.63) is 0 Å². The molecule has 0 aromatic rings. The van der Waals surface area contributed by atoms with Gasteiger partial charge >= 0.3 is 5.97 Å². The van der Waals surface area contributed by atoms with Crippen LogP contribution < -0.4 is 5.32 Å². The van der Waals surface area contributed by atoms with Crippen molar-refractivity contribution in [2.45, 2.75) is 26.3 Å². The Labute approximate surface area is 85.3 Å². The molecule has 0 aromatic carbocycles. The van der Waals surface area contributed by atoms with Crippen LogP contribution in [0.3, 0.4) is 0 Å². The van der Waals surface area contributed by atoms with Gasteiger partial charge in [0.05, 0.1) is 6.42 Å². The van der Waals surface area contributed by atoms with Crippen molar-refractivity contribution in [1.82, 2.24) is 10.2 Å². The van der Waals surface area contributed by atoms with Gasteiger partial charge in [-0.05, 0) is 5.92 Å². The van der Waals surface area contributed by atoms with E-state index in [4.69, 9.17) is 5.11 Å². The summed E-state index contributed by atoms with van der Waals surface area (Å²) in [6.07, 6.45) is 0.253. The Morgan fingerprint density at radius 3 is 2.93 bits per heavy atom. The second-order valence-corrected chi connectivity index (χ2v) is 4.20. The Morgan fingerprint density at radius 2 is 2.36 bits per heavy atom.